The summed E-state index contributed by atoms with van der Waals surface area (Å²) in [6.45, 7) is 4.96. The minimum absolute atomic E-state index is 0.0881. The number of anilines is 1. The van der Waals surface area contributed by atoms with E-state index in [0.29, 0.717) is 10.0 Å². The SMILES string of the molecule is CNN1N=C(c2ccc3c(c2)CCCN3C(=NC(C)C)c2ccc(Cl)cc2Cl)C(NC)(NC)SC1C=O. The lowest BCUT2D eigenvalue weighted by molar-refractivity contribution is -0.110. The van der Waals surface area contributed by atoms with Gasteiger partial charge in [0.2, 0.25) is 0 Å². The molecule has 2 aromatic rings. The topological polar surface area (TPSA) is 84.4 Å². The maximum atomic E-state index is 11.8. The number of benzene rings is 2. The molecule has 0 bridgehead atoms. The van der Waals surface area contributed by atoms with E-state index < -0.39 is 10.4 Å². The summed E-state index contributed by atoms with van der Waals surface area (Å²) in [5, 5.41) is 13.8. The number of hydrogen-bond donors (Lipinski definition) is 3. The minimum Gasteiger partial charge on any atom is -0.326 e. The summed E-state index contributed by atoms with van der Waals surface area (Å²) in [6, 6.07) is 12.0. The lowest BCUT2D eigenvalue weighted by Gasteiger charge is -2.42. The number of hydrogen-bond acceptors (Lipinski definition) is 8. The Morgan fingerprint density at radius 3 is 2.57 bits per heavy atom. The Hall–Kier alpha value is -2.14. The van der Waals surface area contributed by atoms with Crippen molar-refractivity contribution in [3.63, 3.8) is 0 Å². The van der Waals surface area contributed by atoms with Gasteiger partial charge in [0.15, 0.2) is 16.7 Å². The first-order valence-electron chi connectivity index (χ1n) is 12.3. The van der Waals surface area contributed by atoms with Gasteiger partial charge in [-0.15, -0.1) is 0 Å². The number of halogens is 2. The van der Waals surface area contributed by atoms with Crippen LogP contribution >= 0.6 is 35.0 Å². The third kappa shape index (κ3) is 5.53. The predicted octanol–water partition coefficient (Wildman–Crippen LogP) is 4.11. The molecule has 2 aromatic carbocycles. The van der Waals surface area contributed by atoms with Gasteiger partial charge in [0.25, 0.3) is 0 Å². The third-order valence-electron chi connectivity index (χ3n) is 6.41. The van der Waals surface area contributed by atoms with Crippen LogP contribution in [0.5, 0.6) is 0 Å². The number of hydrazine groups is 1. The van der Waals surface area contributed by atoms with Gasteiger partial charge in [0.1, 0.15) is 11.5 Å². The van der Waals surface area contributed by atoms with Crippen molar-refractivity contribution < 1.29 is 4.79 Å². The van der Waals surface area contributed by atoms with E-state index in [4.69, 9.17) is 33.3 Å². The van der Waals surface area contributed by atoms with E-state index in [-0.39, 0.29) is 6.04 Å². The fourth-order valence-electron chi connectivity index (χ4n) is 4.69. The lowest BCUT2D eigenvalue weighted by atomic mass is 9.95. The molecule has 1 atom stereocenters. The van der Waals surface area contributed by atoms with Gasteiger partial charge >= 0.3 is 0 Å². The first kappa shape index (κ1) is 27.9. The first-order chi connectivity index (χ1) is 17.8. The van der Waals surface area contributed by atoms with Crippen LogP contribution in [0.1, 0.15) is 37.0 Å². The van der Waals surface area contributed by atoms with E-state index in [1.54, 1.807) is 18.2 Å². The van der Waals surface area contributed by atoms with Gasteiger partial charge in [0.05, 0.1) is 5.02 Å². The van der Waals surface area contributed by atoms with Crippen molar-refractivity contribution in [2.75, 3.05) is 32.6 Å². The smallest absolute Gasteiger partial charge is 0.168 e. The fourth-order valence-corrected chi connectivity index (χ4v) is 6.36. The van der Waals surface area contributed by atoms with Crippen molar-refractivity contribution in [2.45, 2.75) is 43.1 Å². The largest absolute Gasteiger partial charge is 0.326 e. The number of aryl methyl sites for hydroxylation is 1. The van der Waals surface area contributed by atoms with Crippen molar-refractivity contribution >= 4 is 58.5 Å². The van der Waals surface area contributed by atoms with Crippen molar-refractivity contribution in [1.82, 2.24) is 21.2 Å². The zero-order valence-corrected chi connectivity index (χ0v) is 24.0. The number of thioether (sulfide) groups is 1. The molecule has 4 rings (SSSR count). The number of amidine groups is 1. The second-order valence-electron chi connectivity index (χ2n) is 9.11. The standard InChI is InChI=1S/C26H33Cl2N7OS/c1-16(2)32-25(20-10-9-19(27)14-21(20)28)34-12-6-7-17-13-18(8-11-22(17)34)24-26(29-3,30-4)37-23(15-36)35(31-5)33-24/h8-11,13-16,23,29-31H,6-7,12H2,1-5H3. The van der Waals surface area contributed by atoms with Gasteiger partial charge in [0, 0.05) is 41.5 Å². The molecule has 2 aliphatic heterocycles. The summed E-state index contributed by atoms with van der Waals surface area (Å²) in [5.74, 6) is 0.839. The van der Waals surface area contributed by atoms with Crippen LogP contribution < -0.4 is 21.0 Å². The number of aliphatic imine (C=N–C) groups is 1. The average Bonchev–Trinajstić information content (AvgIpc) is 2.90. The van der Waals surface area contributed by atoms with Crippen molar-refractivity contribution in [1.29, 1.82) is 0 Å². The van der Waals surface area contributed by atoms with Gasteiger partial charge < -0.3 is 4.90 Å². The third-order valence-corrected chi connectivity index (χ3v) is 8.46. The van der Waals surface area contributed by atoms with E-state index in [0.717, 1.165) is 54.0 Å². The maximum Gasteiger partial charge on any atom is 0.168 e. The van der Waals surface area contributed by atoms with E-state index in [1.165, 1.54) is 17.3 Å². The highest BCUT2D eigenvalue weighted by Crippen LogP contribution is 2.37. The van der Waals surface area contributed by atoms with E-state index >= 15 is 0 Å². The molecule has 0 saturated heterocycles. The summed E-state index contributed by atoms with van der Waals surface area (Å²) >= 11 is 14.3. The molecule has 2 aliphatic rings. The number of aldehydes is 1. The number of likely N-dealkylation sites (N-methyl/N-ethyl adjacent to an activating group) is 2. The van der Waals surface area contributed by atoms with Crippen LogP contribution in [-0.2, 0) is 11.2 Å². The van der Waals surface area contributed by atoms with Crippen molar-refractivity contribution in [3.8, 4) is 0 Å². The Kier molecular flexibility index (Phi) is 8.83. The lowest BCUT2D eigenvalue weighted by Crippen LogP contribution is -2.63. The van der Waals surface area contributed by atoms with E-state index in [9.17, 15) is 4.79 Å². The molecule has 1 unspecified atom stereocenters. The molecule has 2 heterocycles. The molecule has 0 saturated carbocycles. The number of rotatable bonds is 7. The normalized spacial score (nSPS) is 19.6. The van der Waals surface area contributed by atoms with Gasteiger partial charge in [-0.2, -0.15) is 5.10 Å². The summed E-state index contributed by atoms with van der Waals surface area (Å²) in [6.07, 6.45) is 2.79. The second kappa shape index (κ2) is 11.7. The Labute approximate surface area is 232 Å². The average molecular weight is 563 g/mol. The Morgan fingerprint density at radius 2 is 1.95 bits per heavy atom. The molecule has 198 valence electrons. The number of nitrogens with zero attached hydrogens (tertiary/aromatic N) is 4. The van der Waals surface area contributed by atoms with Crippen molar-refractivity contribution in [3.05, 3.63) is 63.1 Å². The van der Waals surface area contributed by atoms with Gasteiger partial charge in [-0.3, -0.25) is 20.4 Å². The van der Waals surface area contributed by atoms with Gasteiger partial charge in [-0.05, 0) is 76.7 Å². The number of nitrogens with one attached hydrogen (secondary N) is 3. The molecule has 37 heavy (non-hydrogen) atoms. The van der Waals surface area contributed by atoms with Crippen molar-refractivity contribution in [2.24, 2.45) is 10.1 Å². The fraction of sp³-hybridized carbons (Fsp3) is 0.423. The highest BCUT2D eigenvalue weighted by atomic mass is 35.5. The summed E-state index contributed by atoms with van der Waals surface area (Å²) in [7, 11) is 5.48. The maximum absolute atomic E-state index is 11.8. The minimum atomic E-state index is -0.734. The Balaban J connectivity index is 1.80. The van der Waals surface area contributed by atoms with Crippen LogP contribution in [0.4, 0.5) is 5.69 Å². The number of carbonyl (C=O) groups excluding carboxylic acids is 1. The first-order valence-corrected chi connectivity index (χ1v) is 13.9. The van der Waals surface area contributed by atoms with Crippen LogP contribution in [0.3, 0.4) is 0 Å². The quantitative estimate of drug-likeness (QED) is 0.203. The summed E-state index contributed by atoms with van der Waals surface area (Å²) in [5.41, 5.74) is 7.92. The van der Waals surface area contributed by atoms with Crippen LogP contribution in [0.2, 0.25) is 10.0 Å². The molecule has 0 radical (unpaired) electrons. The molecular formula is C26H33Cl2N7OS. The predicted molar refractivity (Wildman–Crippen MR) is 156 cm³/mol. The molecule has 0 aliphatic carbocycles. The van der Waals surface area contributed by atoms with Crippen LogP contribution in [0, 0.1) is 0 Å². The highest BCUT2D eigenvalue weighted by molar-refractivity contribution is 8.02. The highest BCUT2D eigenvalue weighted by Gasteiger charge is 2.43. The Bertz CT molecular complexity index is 1220. The monoisotopic (exact) mass is 561 g/mol. The van der Waals surface area contributed by atoms with Gasteiger partial charge in [-0.1, -0.05) is 41.0 Å². The van der Waals surface area contributed by atoms with Crippen LogP contribution in [0.25, 0.3) is 0 Å². The molecule has 3 N–H and O–H groups in total. The molecular weight excluding hydrogens is 529 g/mol. The molecule has 0 aromatic heterocycles. The molecule has 0 spiro atoms. The second-order valence-corrected chi connectivity index (χ2v) is 11.3. The zero-order chi connectivity index (χ0) is 26.7. The summed E-state index contributed by atoms with van der Waals surface area (Å²) in [4.78, 5) is 18.3. The van der Waals surface area contributed by atoms with Crippen LogP contribution in [0.15, 0.2) is 46.5 Å². The molecule has 0 amide bonds. The Morgan fingerprint density at radius 1 is 1.19 bits per heavy atom. The zero-order valence-electron chi connectivity index (χ0n) is 21.7. The number of hydrazone groups is 1. The molecule has 0 fully saturated rings. The van der Waals surface area contributed by atoms with E-state index in [1.807, 2.05) is 26.2 Å². The molecule has 8 nitrogen and oxygen atoms in total. The van der Waals surface area contributed by atoms with E-state index in [2.05, 4.69) is 53.0 Å². The van der Waals surface area contributed by atoms with Gasteiger partial charge in [-0.25, -0.2) is 10.5 Å². The number of fused-ring (bicyclic) bond motifs is 1. The number of carbonyl (C=O) groups is 1. The molecule has 11 heteroatoms. The summed E-state index contributed by atoms with van der Waals surface area (Å²) < 4.78 is 0. The van der Waals surface area contributed by atoms with Crippen LogP contribution in [-0.4, -0.2) is 67.0 Å².